The normalized spacial score (nSPS) is 10.5. The molecule has 0 radical (unpaired) electrons. The van der Waals surface area contributed by atoms with Gasteiger partial charge in [0.1, 0.15) is 0 Å². The Kier molecular flexibility index (Phi) is 1.45. The first-order valence-electron chi connectivity index (χ1n) is 3.49. The quantitative estimate of drug-likeness (QED) is 0.601. The number of rotatable bonds is 1. The molecule has 2 aliphatic heterocycles. The lowest BCUT2D eigenvalue weighted by Crippen LogP contribution is -2.18. The molecule has 0 aromatic carbocycles. The van der Waals surface area contributed by atoms with E-state index in [0.29, 0.717) is 0 Å². The highest BCUT2D eigenvalue weighted by Gasteiger charge is 2.18. The van der Waals surface area contributed by atoms with E-state index in [0.717, 1.165) is 23.3 Å². The maximum atomic E-state index is 11.4. The summed E-state index contributed by atoms with van der Waals surface area (Å²) in [5.74, 6) is 0. The number of aromatic nitrogens is 1. The minimum Gasteiger partial charge on any atom is -0.298 e. The van der Waals surface area contributed by atoms with E-state index in [2.05, 4.69) is 15.7 Å². The second-order valence-electron chi connectivity index (χ2n) is 2.42. The van der Waals surface area contributed by atoms with Crippen LogP contribution in [0, 0.1) is 0 Å². The molecule has 2 aliphatic rings. The minimum absolute atomic E-state index is 0.191. The molecule has 0 atom stereocenters. The van der Waals surface area contributed by atoms with E-state index in [-0.39, 0.29) is 11.1 Å². The van der Waals surface area contributed by atoms with Crippen molar-refractivity contribution in [1.82, 2.24) is 4.57 Å². The van der Waals surface area contributed by atoms with Crippen molar-refractivity contribution in [3.05, 3.63) is 39.8 Å². The molecular weight excluding hydrogens is 174 g/mol. The summed E-state index contributed by atoms with van der Waals surface area (Å²) in [4.78, 5) is 22.7. The molecule has 2 heterocycles. The Balaban J connectivity index is 3.05. The summed E-state index contributed by atoms with van der Waals surface area (Å²) in [5.41, 5.74) is -0.517. The van der Waals surface area contributed by atoms with Crippen LogP contribution in [0.2, 0.25) is 0 Å². The van der Waals surface area contributed by atoms with Crippen LogP contribution in [0.15, 0.2) is 37.8 Å². The topological polar surface area (TPSA) is 65.3 Å². The molecule has 5 heteroatoms. The Bertz CT molecular complexity index is 486. The van der Waals surface area contributed by atoms with Gasteiger partial charge in [0.05, 0.1) is 11.1 Å². The van der Waals surface area contributed by atoms with Gasteiger partial charge >= 0.3 is 0 Å². The van der Waals surface area contributed by atoms with Crippen LogP contribution < -0.4 is 11.1 Å². The predicted octanol–water partition coefficient (Wildman–Crippen LogP) is 0.600. The molecule has 0 aromatic heterocycles. The number of fused-ring (bicyclic) bond motifs is 1. The van der Waals surface area contributed by atoms with Gasteiger partial charge in [0.2, 0.25) is 0 Å². The first kappa shape index (κ1) is 7.60. The Morgan fingerprint density at radius 2 is 1.62 bits per heavy atom. The average Bonchev–Trinajstić information content (AvgIpc) is 2.41. The van der Waals surface area contributed by atoms with Crippen LogP contribution >= 0.6 is 0 Å². The molecule has 0 unspecified atom stereocenters. The summed E-state index contributed by atoms with van der Waals surface area (Å²) in [6, 6.07) is 0. The summed E-state index contributed by atoms with van der Waals surface area (Å²) in [5, 5.41) is 0. The van der Waals surface area contributed by atoms with Crippen molar-refractivity contribution in [2.24, 2.45) is 0 Å². The van der Waals surface area contributed by atoms with Crippen LogP contribution in [0.3, 0.4) is 0 Å². The average molecular weight is 179 g/mol. The minimum atomic E-state index is -0.449. The smallest absolute Gasteiger partial charge is 0.269 e. The van der Waals surface area contributed by atoms with E-state index < -0.39 is 11.1 Å². The van der Waals surface area contributed by atoms with Crippen molar-refractivity contribution in [1.29, 1.82) is 0 Å². The molecule has 0 aliphatic carbocycles. The van der Waals surface area contributed by atoms with Crippen molar-refractivity contribution >= 4 is 6.20 Å². The van der Waals surface area contributed by atoms with Gasteiger partial charge in [0.15, 0.2) is 12.5 Å². The van der Waals surface area contributed by atoms with E-state index in [9.17, 15) is 9.59 Å². The molecule has 0 saturated heterocycles. The first-order valence-corrected chi connectivity index (χ1v) is 3.49. The molecule has 0 spiro atoms. The molecule has 0 aromatic rings. The van der Waals surface area contributed by atoms with E-state index in [1.165, 1.54) is 0 Å². The number of hydrogen-bond donors (Lipinski definition) is 0. The predicted molar refractivity (Wildman–Crippen MR) is 44.5 cm³/mol. The maximum Gasteiger partial charge on any atom is 0.269 e. The zero-order chi connectivity index (χ0) is 9.42. The van der Waals surface area contributed by atoms with Gasteiger partial charge in [-0.25, -0.2) is 4.57 Å². The molecule has 0 fully saturated rings. The fourth-order valence-electron chi connectivity index (χ4n) is 1.13. The first-order chi connectivity index (χ1) is 6.25. The van der Waals surface area contributed by atoms with Crippen LogP contribution in [0.4, 0.5) is 0 Å². The van der Waals surface area contributed by atoms with Gasteiger partial charge in [-0.2, -0.15) is 0 Å². The molecule has 13 heavy (non-hydrogen) atoms. The highest BCUT2D eigenvalue weighted by atomic mass is 17.0. The standard InChI is InChI=1S/C8H5NO4/c1-2-9-7(10)5-3-12-13-4-6(5)8(9)11/h2-4H,1H2. The summed E-state index contributed by atoms with van der Waals surface area (Å²) < 4.78 is 9.74. The lowest BCUT2D eigenvalue weighted by atomic mass is 10.2. The summed E-state index contributed by atoms with van der Waals surface area (Å²) >= 11 is 0. The highest BCUT2D eigenvalue weighted by Crippen LogP contribution is 2.11. The zero-order valence-corrected chi connectivity index (χ0v) is 6.52. The summed E-state index contributed by atoms with van der Waals surface area (Å²) in [6.07, 6.45) is 3.35. The number of nitrogens with zero attached hydrogens (tertiary/aromatic N) is 1. The lowest BCUT2D eigenvalue weighted by Gasteiger charge is -1.86. The monoisotopic (exact) mass is 179 g/mol. The summed E-state index contributed by atoms with van der Waals surface area (Å²) in [6.45, 7) is 3.35. The van der Waals surface area contributed by atoms with Gasteiger partial charge in [0, 0.05) is 6.20 Å². The van der Waals surface area contributed by atoms with Crippen LogP contribution in [-0.2, 0) is 0 Å². The second-order valence-corrected chi connectivity index (χ2v) is 2.42. The van der Waals surface area contributed by atoms with Gasteiger partial charge < -0.3 is 0 Å². The Morgan fingerprint density at radius 1 is 1.15 bits per heavy atom. The highest BCUT2D eigenvalue weighted by molar-refractivity contribution is 5.61. The van der Waals surface area contributed by atoms with Crippen molar-refractivity contribution in [3.63, 3.8) is 0 Å². The number of hydrogen-bond acceptors (Lipinski definition) is 4. The SMILES string of the molecule is C=Cn1c(=O)c2coocc-2c1=O. The van der Waals surface area contributed by atoms with Crippen molar-refractivity contribution in [2.45, 2.75) is 0 Å². The molecule has 2 rings (SSSR count). The van der Waals surface area contributed by atoms with Crippen molar-refractivity contribution in [3.8, 4) is 11.1 Å². The van der Waals surface area contributed by atoms with Gasteiger partial charge in [-0.05, 0) is 0 Å². The van der Waals surface area contributed by atoms with E-state index in [1.54, 1.807) is 0 Å². The van der Waals surface area contributed by atoms with E-state index in [4.69, 9.17) is 0 Å². The maximum absolute atomic E-state index is 11.4. The lowest BCUT2D eigenvalue weighted by molar-refractivity contribution is 0.0455. The van der Waals surface area contributed by atoms with Crippen LogP contribution in [0.25, 0.3) is 17.3 Å². The van der Waals surface area contributed by atoms with Crippen molar-refractivity contribution < 1.29 is 9.15 Å². The Labute approximate surface area is 71.8 Å². The van der Waals surface area contributed by atoms with Crippen molar-refractivity contribution in [2.75, 3.05) is 0 Å². The van der Waals surface area contributed by atoms with Gasteiger partial charge in [-0.15, -0.1) is 0 Å². The molecule has 0 bridgehead atoms. The molecule has 0 amide bonds. The van der Waals surface area contributed by atoms with Crippen LogP contribution in [0.5, 0.6) is 0 Å². The third-order valence-electron chi connectivity index (χ3n) is 1.76. The molecular formula is C8H5NO4. The fourth-order valence-corrected chi connectivity index (χ4v) is 1.13. The molecule has 0 saturated carbocycles. The Hall–Kier alpha value is -2.04. The van der Waals surface area contributed by atoms with Gasteiger partial charge in [-0.1, -0.05) is 6.58 Å². The third-order valence-corrected chi connectivity index (χ3v) is 1.76. The summed E-state index contributed by atoms with van der Waals surface area (Å²) in [7, 11) is 0. The van der Waals surface area contributed by atoms with Gasteiger partial charge in [-0.3, -0.25) is 18.7 Å². The molecule has 0 N–H and O–H groups in total. The molecule has 66 valence electrons. The second kappa shape index (κ2) is 2.48. The Morgan fingerprint density at radius 3 is 2.00 bits per heavy atom. The van der Waals surface area contributed by atoms with E-state index in [1.807, 2.05) is 0 Å². The van der Waals surface area contributed by atoms with E-state index >= 15 is 0 Å². The zero-order valence-electron chi connectivity index (χ0n) is 6.52. The molecule has 5 nitrogen and oxygen atoms in total. The van der Waals surface area contributed by atoms with Gasteiger partial charge in [0.25, 0.3) is 11.1 Å². The fraction of sp³-hybridized carbons (Fsp3) is 0. The van der Waals surface area contributed by atoms with Crippen LogP contribution in [0.1, 0.15) is 0 Å². The van der Waals surface area contributed by atoms with Crippen LogP contribution in [-0.4, -0.2) is 4.57 Å². The third kappa shape index (κ3) is 0.868. The largest absolute Gasteiger partial charge is 0.298 e.